The quantitative estimate of drug-likeness (QED) is 0.670. The van der Waals surface area contributed by atoms with Crippen molar-refractivity contribution in [2.45, 2.75) is 13.0 Å². The SMILES string of the molecule is COc1ccc(C(C)Nc2nn(C)cc2[N+](=O)[O-])cc1. The van der Waals surface area contributed by atoms with E-state index in [-0.39, 0.29) is 17.5 Å². The fourth-order valence-electron chi connectivity index (χ4n) is 1.89. The summed E-state index contributed by atoms with van der Waals surface area (Å²) >= 11 is 0. The van der Waals surface area contributed by atoms with Gasteiger partial charge >= 0.3 is 5.69 Å². The molecule has 20 heavy (non-hydrogen) atoms. The van der Waals surface area contributed by atoms with Crippen molar-refractivity contribution < 1.29 is 9.66 Å². The van der Waals surface area contributed by atoms with Crippen molar-refractivity contribution in [1.82, 2.24) is 9.78 Å². The largest absolute Gasteiger partial charge is 0.497 e. The molecule has 0 saturated heterocycles. The van der Waals surface area contributed by atoms with Gasteiger partial charge in [0.1, 0.15) is 11.9 Å². The van der Waals surface area contributed by atoms with E-state index in [1.54, 1.807) is 14.2 Å². The maximum absolute atomic E-state index is 10.9. The summed E-state index contributed by atoms with van der Waals surface area (Å²) in [6, 6.07) is 7.41. The van der Waals surface area contributed by atoms with Crippen molar-refractivity contribution in [3.8, 4) is 5.75 Å². The molecule has 1 atom stereocenters. The summed E-state index contributed by atoms with van der Waals surface area (Å²) in [6.45, 7) is 1.92. The van der Waals surface area contributed by atoms with E-state index in [9.17, 15) is 10.1 Å². The van der Waals surface area contributed by atoms with Gasteiger partial charge in [-0.25, -0.2) is 0 Å². The fourth-order valence-corrected chi connectivity index (χ4v) is 1.89. The first-order valence-corrected chi connectivity index (χ1v) is 6.09. The van der Waals surface area contributed by atoms with Gasteiger partial charge in [0.2, 0.25) is 5.82 Å². The van der Waals surface area contributed by atoms with Crippen LogP contribution in [0.4, 0.5) is 11.5 Å². The van der Waals surface area contributed by atoms with Crippen molar-refractivity contribution in [2.24, 2.45) is 7.05 Å². The number of nitrogens with one attached hydrogen (secondary N) is 1. The van der Waals surface area contributed by atoms with Gasteiger partial charge in [-0.1, -0.05) is 12.1 Å². The Morgan fingerprint density at radius 3 is 2.60 bits per heavy atom. The zero-order valence-corrected chi connectivity index (χ0v) is 11.5. The Bertz CT molecular complexity index is 607. The van der Waals surface area contributed by atoms with Gasteiger partial charge in [-0.15, -0.1) is 5.10 Å². The molecular formula is C13H16N4O3. The average molecular weight is 276 g/mol. The zero-order chi connectivity index (χ0) is 14.7. The number of nitro groups is 1. The summed E-state index contributed by atoms with van der Waals surface area (Å²) in [4.78, 5) is 10.5. The van der Waals surface area contributed by atoms with E-state index in [1.165, 1.54) is 10.9 Å². The topological polar surface area (TPSA) is 82.2 Å². The molecule has 0 radical (unpaired) electrons. The zero-order valence-electron chi connectivity index (χ0n) is 11.5. The van der Waals surface area contributed by atoms with Crippen LogP contribution in [-0.2, 0) is 7.05 Å². The Balaban J connectivity index is 2.18. The molecule has 0 spiro atoms. The maximum atomic E-state index is 10.9. The average Bonchev–Trinajstić information content (AvgIpc) is 2.80. The molecule has 7 nitrogen and oxygen atoms in total. The molecule has 2 aromatic rings. The summed E-state index contributed by atoms with van der Waals surface area (Å²) in [7, 11) is 3.25. The molecule has 1 N–H and O–H groups in total. The maximum Gasteiger partial charge on any atom is 0.330 e. The lowest BCUT2D eigenvalue weighted by molar-refractivity contribution is -0.384. The first-order valence-electron chi connectivity index (χ1n) is 6.09. The van der Waals surface area contributed by atoms with Crippen molar-refractivity contribution in [1.29, 1.82) is 0 Å². The molecule has 0 aliphatic rings. The normalized spacial score (nSPS) is 11.9. The fraction of sp³-hybridized carbons (Fsp3) is 0.308. The standard InChI is InChI=1S/C13H16N4O3/c1-9(10-4-6-11(20-3)7-5-10)14-13-12(17(18)19)8-16(2)15-13/h4-9H,1-3H3,(H,14,15). The number of ether oxygens (including phenoxy) is 1. The number of aromatic nitrogens is 2. The van der Waals surface area contributed by atoms with Gasteiger partial charge < -0.3 is 10.1 Å². The molecule has 0 amide bonds. The van der Waals surface area contributed by atoms with Crippen LogP contribution in [0.15, 0.2) is 30.5 Å². The number of methoxy groups -OCH3 is 1. The predicted octanol–water partition coefficient (Wildman–Crippen LogP) is 2.51. The van der Waals surface area contributed by atoms with Crippen molar-refractivity contribution in [3.05, 3.63) is 46.1 Å². The first-order chi connectivity index (χ1) is 9.51. The summed E-state index contributed by atoms with van der Waals surface area (Å²) < 4.78 is 6.51. The Labute approximate surface area is 116 Å². The lowest BCUT2D eigenvalue weighted by atomic mass is 10.1. The highest BCUT2D eigenvalue weighted by atomic mass is 16.6. The third-order valence-corrected chi connectivity index (χ3v) is 2.98. The summed E-state index contributed by atoms with van der Waals surface area (Å²) in [5.74, 6) is 1.03. The minimum atomic E-state index is -0.448. The van der Waals surface area contributed by atoms with E-state index in [1.807, 2.05) is 31.2 Å². The highest BCUT2D eigenvalue weighted by Gasteiger charge is 2.20. The molecule has 106 valence electrons. The van der Waals surface area contributed by atoms with Gasteiger partial charge in [0, 0.05) is 7.05 Å². The lowest BCUT2D eigenvalue weighted by Crippen LogP contribution is -2.08. The van der Waals surface area contributed by atoms with E-state index in [0.29, 0.717) is 0 Å². The van der Waals surface area contributed by atoms with Gasteiger partial charge in [0.15, 0.2) is 0 Å². The van der Waals surface area contributed by atoms with Crippen LogP contribution in [-0.4, -0.2) is 21.8 Å². The van der Waals surface area contributed by atoms with E-state index in [4.69, 9.17) is 4.74 Å². The highest BCUT2D eigenvalue weighted by molar-refractivity contribution is 5.55. The van der Waals surface area contributed by atoms with Crippen LogP contribution >= 0.6 is 0 Å². The summed E-state index contributed by atoms with van der Waals surface area (Å²) in [5.41, 5.74) is 0.957. The Morgan fingerprint density at radius 1 is 1.40 bits per heavy atom. The summed E-state index contributed by atoms with van der Waals surface area (Å²) in [6.07, 6.45) is 1.38. The van der Waals surface area contributed by atoms with Crippen LogP contribution in [0.3, 0.4) is 0 Å². The van der Waals surface area contributed by atoms with Gasteiger partial charge in [-0.3, -0.25) is 14.8 Å². The molecule has 1 aromatic heterocycles. The lowest BCUT2D eigenvalue weighted by Gasteiger charge is -2.13. The second-order valence-corrected chi connectivity index (χ2v) is 4.43. The number of benzene rings is 1. The van der Waals surface area contributed by atoms with Crippen LogP contribution in [0, 0.1) is 10.1 Å². The van der Waals surface area contributed by atoms with Crippen LogP contribution in [0.25, 0.3) is 0 Å². The second kappa shape index (κ2) is 5.60. The molecule has 7 heteroatoms. The molecule has 1 aromatic carbocycles. The molecular weight excluding hydrogens is 260 g/mol. The van der Waals surface area contributed by atoms with Gasteiger partial charge in [0.25, 0.3) is 0 Å². The number of nitrogens with zero attached hydrogens (tertiary/aromatic N) is 3. The minimum Gasteiger partial charge on any atom is -0.497 e. The van der Waals surface area contributed by atoms with E-state index < -0.39 is 4.92 Å². The van der Waals surface area contributed by atoms with Crippen LogP contribution in [0.5, 0.6) is 5.75 Å². The molecule has 0 aliphatic carbocycles. The minimum absolute atomic E-state index is 0.0344. The van der Waals surface area contributed by atoms with Crippen LogP contribution in [0.2, 0.25) is 0 Å². The van der Waals surface area contributed by atoms with Crippen molar-refractivity contribution in [3.63, 3.8) is 0 Å². The van der Waals surface area contributed by atoms with Crippen LogP contribution < -0.4 is 10.1 Å². The molecule has 0 fully saturated rings. The highest BCUT2D eigenvalue weighted by Crippen LogP contribution is 2.26. The predicted molar refractivity (Wildman–Crippen MR) is 74.9 cm³/mol. The number of aryl methyl sites for hydroxylation is 1. The molecule has 0 aliphatic heterocycles. The monoisotopic (exact) mass is 276 g/mol. The van der Waals surface area contributed by atoms with E-state index >= 15 is 0 Å². The van der Waals surface area contributed by atoms with E-state index in [2.05, 4.69) is 10.4 Å². The number of anilines is 1. The van der Waals surface area contributed by atoms with Crippen LogP contribution in [0.1, 0.15) is 18.5 Å². The summed E-state index contributed by atoms with van der Waals surface area (Å²) in [5, 5.41) is 18.1. The second-order valence-electron chi connectivity index (χ2n) is 4.43. The van der Waals surface area contributed by atoms with E-state index in [0.717, 1.165) is 11.3 Å². The Hall–Kier alpha value is -2.57. The third kappa shape index (κ3) is 2.87. The molecule has 2 rings (SSSR count). The molecule has 0 bridgehead atoms. The van der Waals surface area contributed by atoms with Gasteiger partial charge in [-0.2, -0.15) is 0 Å². The number of rotatable bonds is 5. The van der Waals surface area contributed by atoms with Gasteiger partial charge in [-0.05, 0) is 24.6 Å². The van der Waals surface area contributed by atoms with Crippen molar-refractivity contribution in [2.75, 3.05) is 12.4 Å². The first kappa shape index (κ1) is 13.9. The Morgan fingerprint density at radius 2 is 2.05 bits per heavy atom. The van der Waals surface area contributed by atoms with Gasteiger partial charge in [0.05, 0.1) is 18.1 Å². The number of hydrogen-bond acceptors (Lipinski definition) is 5. The Kier molecular flexibility index (Phi) is 3.88. The molecule has 0 saturated carbocycles. The number of hydrogen-bond donors (Lipinski definition) is 1. The molecule has 1 heterocycles. The van der Waals surface area contributed by atoms with Crippen molar-refractivity contribution >= 4 is 11.5 Å². The smallest absolute Gasteiger partial charge is 0.330 e. The molecule has 1 unspecified atom stereocenters. The third-order valence-electron chi connectivity index (χ3n) is 2.98.